The third kappa shape index (κ3) is 2.82. The second-order valence-corrected chi connectivity index (χ2v) is 5.46. The molecule has 1 aliphatic heterocycles. The average molecular weight is 253 g/mol. The van der Waals surface area contributed by atoms with Crippen LogP contribution >= 0.6 is 11.6 Å². The predicted molar refractivity (Wildman–Crippen MR) is 73.5 cm³/mol. The van der Waals surface area contributed by atoms with Gasteiger partial charge in [-0.3, -0.25) is 4.90 Å². The molecule has 1 aliphatic rings. The van der Waals surface area contributed by atoms with Crippen LogP contribution in [0.25, 0.3) is 0 Å². The molecule has 3 heteroatoms. The van der Waals surface area contributed by atoms with Gasteiger partial charge in [0.1, 0.15) is 0 Å². The van der Waals surface area contributed by atoms with Gasteiger partial charge in [-0.15, -0.1) is 0 Å². The first-order chi connectivity index (χ1) is 8.09. The molecule has 1 aromatic carbocycles. The van der Waals surface area contributed by atoms with Gasteiger partial charge < -0.3 is 5.32 Å². The number of piperazine rings is 1. The van der Waals surface area contributed by atoms with Crippen molar-refractivity contribution in [1.29, 1.82) is 0 Å². The predicted octanol–water partition coefficient (Wildman–Crippen LogP) is 3.08. The van der Waals surface area contributed by atoms with E-state index in [1.807, 2.05) is 12.1 Å². The fourth-order valence-electron chi connectivity index (χ4n) is 2.58. The largest absolute Gasteiger partial charge is 0.311 e. The zero-order valence-electron chi connectivity index (χ0n) is 10.8. The average Bonchev–Trinajstić information content (AvgIpc) is 2.32. The van der Waals surface area contributed by atoms with Crippen LogP contribution < -0.4 is 5.32 Å². The van der Waals surface area contributed by atoms with Crippen molar-refractivity contribution < 1.29 is 0 Å². The molecule has 0 aliphatic carbocycles. The molecule has 0 amide bonds. The summed E-state index contributed by atoms with van der Waals surface area (Å²) < 4.78 is 0. The molecule has 1 N–H and O–H groups in total. The van der Waals surface area contributed by atoms with E-state index in [2.05, 4.69) is 43.1 Å². The number of hydrogen-bond acceptors (Lipinski definition) is 2. The van der Waals surface area contributed by atoms with Gasteiger partial charge >= 0.3 is 0 Å². The maximum atomic E-state index is 6.28. The number of hydrogen-bond donors (Lipinski definition) is 1. The molecule has 0 saturated carbocycles. The van der Waals surface area contributed by atoms with Crippen molar-refractivity contribution in [2.75, 3.05) is 13.1 Å². The summed E-state index contributed by atoms with van der Waals surface area (Å²) >= 11 is 6.28. The minimum Gasteiger partial charge on any atom is -0.311 e. The summed E-state index contributed by atoms with van der Waals surface area (Å²) in [7, 11) is 0. The first-order valence-electron chi connectivity index (χ1n) is 6.33. The third-order valence-corrected chi connectivity index (χ3v) is 4.01. The van der Waals surface area contributed by atoms with Gasteiger partial charge in [0.2, 0.25) is 0 Å². The van der Waals surface area contributed by atoms with Crippen molar-refractivity contribution in [3.05, 3.63) is 34.9 Å². The summed E-state index contributed by atoms with van der Waals surface area (Å²) in [5.74, 6) is 0. The van der Waals surface area contributed by atoms with E-state index in [0.717, 1.165) is 18.1 Å². The Morgan fingerprint density at radius 3 is 2.76 bits per heavy atom. The lowest BCUT2D eigenvalue weighted by Gasteiger charge is -2.41. The highest BCUT2D eigenvalue weighted by molar-refractivity contribution is 6.31. The Hall–Kier alpha value is -0.570. The lowest BCUT2D eigenvalue weighted by atomic mass is 10.0. The zero-order valence-corrected chi connectivity index (χ0v) is 11.5. The summed E-state index contributed by atoms with van der Waals surface area (Å²) in [4.78, 5) is 2.53. The van der Waals surface area contributed by atoms with Crippen molar-refractivity contribution in [3.8, 4) is 0 Å². The number of benzene rings is 1. The molecule has 2 rings (SSSR count). The molecule has 0 radical (unpaired) electrons. The van der Waals surface area contributed by atoms with Crippen LogP contribution in [0, 0.1) is 0 Å². The normalized spacial score (nSPS) is 28.0. The van der Waals surface area contributed by atoms with Crippen molar-refractivity contribution >= 4 is 11.6 Å². The fraction of sp³-hybridized carbons (Fsp3) is 0.571. The number of nitrogens with zero attached hydrogens (tertiary/aromatic N) is 1. The van der Waals surface area contributed by atoms with Gasteiger partial charge in [0.15, 0.2) is 0 Å². The van der Waals surface area contributed by atoms with Crippen molar-refractivity contribution in [3.63, 3.8) is 0 Å². The molecule has 0 aromatic heterocycles. The van der Waals surface area contributed by atoms with Crippen LogP contribution in [0.1, 0.15) is 32.4 Å². The molecule has 2 nitrogen and oxygen atoms in total. The molecular formula is C14H21ClN2. The molecule has 0 bridgehead atoms. The summed E-state index contributed by atoms with van der Waals surface area (Å²) in [5, 5.41) is 4.38. The SMILES string of the molecule is CC1CN(C(C)c2ccccc2Cl)C(C)CN1. The Bertz CT molecular complexity index is 380. The van der Waals surface area contributed by atoms with Crippen LogP contribution in [0.3, 0.4) is 0 Å². The van der Waals surface area contributed by atoms with Crippen molar-refractivity contribution in [2.45, 2.75) is 38.9 Å². The maximum Gasteiger partial charge on any atom is 0.0453 e. The minimum atomic E-state index is 0.378. The van der Waals surface area contributed by atoms with Crippen molar-refractivity contribution in [2.24, 2.45) is 0 Å². The highest BCUT2D eigenvalue weighted by Crippen LogP contribution is 2.29. The van der Waals surface area contributed by atoms with E-state index in [9.17, 15) is 0 Å². The van der Waals surface area contributed by atoms with Crippen LogP contribution in [0.4, 0.5) is 0 Å². The van der Waals surface area contributed by atoms with E-state index in [1.165, 1.54) is 5.56 Å². The molecule has 17 heavy (non-hydrogen) atoms. The summed E-state index contributed by atoms with van der Waals surface area (Å²) in [6, 6.07) is 9.64. The summed E-state index contributed by atoms with van der Waals surface area (Å²) in [5.41, 5.74) is 1.23. The summed E-state index contributed by atoms with van der Waals surface area (Å²) in [6.07, 6.45) is 0. The first kappa shape index (κ1) is 12.9. The van der Waals surface area contributed by atoms with E-state index in [-0.39, 0.29) is 0 Å². The van der Waals surface area contributed by atoms with Crippen LogP contribution in [-0.2, 0) is 0 Å². The lowest BCUT2D eigenvalue weighted by molar-refractivity contribution is 0.103. The van der Waals surface area contributed by atoms with Gasteiger partial charge in [0.05, 0.1) is 0 Å². The molecule has 1 aromatic rings. The Morgan fingerprint density at radius 2 is 2.06 bits per heavy atom. The Kier molecular flexibility index (Phi) is 4.08. The van der Waals surface area contributed by atoms with Crippen LogP contribution in [0.5, 0.6) is 0 Å². The van der Waals surface area contributed by atoms with E-state index in [1.54, 1.807) is 0 Å². The van der Waals surface area contributed by atoms with Gasteiger partial charge in [0, 0.05) is 36.2 Å². The number of halogens is 1. The van der Waals surface area contributed by atoms with Gasteiger partial charge in [0.25, 0.3) is 0 Å². The molecule has 0 spiro atoms. The second kappa shape index (κ2) is 5.38. The molecule has 1 heterocycles. The van der Waals surface area contributed by atoms with E-state index in [4.69, 9.17) is 11.6 Å². The van der Waals surface area contributed by atoms with Gasteiger partial charge in [-0.1, -0.05) is 29.8 Å². The number of nitrogens with one attached hydrogen (secondary N) is 1. The number of rotatable bonds is 2. The van der Waals surface area contributed by atoms with Gasteiger partial charge in [-0.25, -0.2) is 0 Å². The summed E-state index contributed by atoms with van der Waals surface area (Å²) in [6.45, 7) is 8.88. The molecular weight excluding hydrogens is 232 g/mol. The quantitative estimate of drug-likeness (QED) is 0.870. The van der Waals surface area contributed by atoms with Gasteiger partial charge in [-0.05, 0) is 32.4 Å². The maximum absolute atomic E-state index is 6.28. The Balaban J connectivity index is 2.18. The second-order valence-electron chi connectivity index (χ2n) is 5.05. The van der Waals surface area contributed by atoms with Crippen LogP contribution in [0.2, 0.25) is 5.02 Å². The monoisotopic (exact) mass is 252 g/mol. The smallest absolute Gasteiger partial charge is 0.0453 e. The highest BCUT2D eigenvalue weighted by atomic mass is 35.5. The first-order valence-corrected chi connectivity index (χ1v) is 6.71. The molecule has 3 atom stereocenters. The third-order valence-electron chi connectivity index (χ3n) is 3.67. The van der Waals surface area contributed by atoms with E-state index >= 15 is 0 Å². The van der Waals surface area contributed by atoms with Gasteiger partial charge in [-0.2, -0.15) is 0 Å². The van der Waals surface area contributed by atoms with Crippen molar-refractivity contribution in [1.82, 2.24) is 10.2 Å². The minimum absolute atomic E-state index is 0.378. The standard InChI is InChI=1S/C14H21ClN2/c1-10-9-17(11(2)8-16-10)12(3)13-6-4-5-7-14(13)15/h4-7,10-12,16H,8-9H2,1-3H3. The molecule has 1 saturated heterocycles. The fourth-order valence-corrected chi connectivity index (χ4v) is 2.88. The molecule has 1 fully saturated rings. The zero-order chi connectivity index (χ0) is 12.4. The lowest BCUT2D eigenvalue weighted by Crippen LogP contribution is -2.54. The Labute approximate surface area is 109 Å². The van der Waals surface area contributed by atoms with Crippen LogP contribution in [-0.4, -0.2) is 30.1 Å². The Morgan fingerprint density at radius 1 is 1.35 bits per heavy atom. The molecule has 94 valence electrons. The topological polar surface area (TPSA) is 15.3 Å². The van der Waals surface area contributed by atoms with Crippen LogP contribution in [0.15, 0.2) is 24.3 Å². The highest BCUT2D eigenvalue weighted by Gasteiger charge is 2.27. The van der Waals surface area contributed by atoms with E-state index in [0.29, 0.717) is 18.1 Å². The molecule has 3 unspecified atom stereocenters. The van der Waals surface area contributed by atoms with E-state index < -0.39 is 0 Å².